The van der Waals surface area contributed by atoms with Crippen molar-refractivity contribution in [2.75, 3.05) is 32.8 Å². The van der Waals surface area contributed by atoms with E-state index < -0.39 is 17.7 Å². The van der Waals surface area contributed by atoms with Gasteiger partial charge in [-0.05, 0) is 33.3 Å². The van der Waals surface area contributed by atoms with Crippen LogP contribution in [0.25, 0.3) is 0 Å². The van der Waals surface area contributed by atoms with Gasteiger partial charge in [-0.25, -0.2) is 9.59 Å². The zero-order chi connectivity index (χ0) is 21.4. The Morgan fingerprint density at radius 2 is 1.93 bits per heavy atom. The molecule has 2 amide bonds. The molecule has 1 saturated heterocycles. The fraction of sp³-hybridized carbons (Fsp3) is 0.619. The fourth-order valence-electron chi connectivity index (χ4n) is 3.12. The van der Waals surface area contributed by atoms with Crippen LogP contribution in [-0.4, -0.2) is 77.6 Å². The van der Waals surface area contributed by atoms with Gasteiger partial charge in [0.2, 0.25) is 0 Å². The molecule has 1 aromatic rings. The summed E-state index contributed by atoms with van der Waals surface area (Å²) in [6.45, 7) is 9.71. The average Bonchev–Trinajstić information content (AvgIpc) is 2.66. The number of carbonyl (C=O) groups excluding carboxylic acids is 2. The highest BCUT2D eigenvalue weighted by Gasteiger charge is 2.31. The predicted molar refractivity (Wildman–Crippen MR) is 109 cm³/mol. The minimum atomic E-state index is -0.562. The molecule has 0 aromatic heterocycles. The Morgan fingerprint density at radius 1 is 1.24 bits per heavy atom. The van der Waals surface area contributed by atoms with Gasteiger partial charge in [0.1, 0.15) is 12.2 Å². The van der Waals surface area contributed by atoms with Gasteiger partial charge in [0.15, 0.2) is 0 Å². The van der Waals surface area contributed by atoms with Crippen LogP contribution in [0.2, 0.25) is 0 Å². The van der Waals surface area contributed by atoms with Gasteiger partial charge < -0.3 is 24.8 Å². The molecule has 162 valence electrons. The van der Waals surface area contributed by atoms with Crippen LogP contribution in [0.4, 0.5) is 9.59 Å². The Bertz CT molecular complexity index is 662. The minimum absolute atomic E-state index is 0.0763. The Kier molecular flexibility index (Phi) is 8.28. The third kappa shape index (κ3) is 7.91. The molecule has 0 bridgehead atoms. The van der Waals surface area contributed by atoms with E-state index in [-0.39, 0.29) is 25.3 Å². The summed E-state index contributed by atoms with van der Waals surface area (Å²) in [6.07, 6.45) is -0.877. The second-order valence-corrected chi connectivity index (χ2v) is 8.36. The number of nitrogens with zero attached hydrogens (tertiary/aromatic N) is 2. The van der Waals surface area contributed by atoms with E-state index in [2.05, 4.69) is 10.2 Å². The van der Waals surface area contributed by atoms with Crippen LogP contribution in [0.1, 0.15) is 33.3 Å². The van der Waals surface area contributed by atoms with Crippen molar-refractivity contribution in [3.05, 3.63) is 35.9 Å². The van der Waals surface area contributed by atoms with Crippen LogP contribution in [0, 0.1) is 0 Å². The monoisotopic (exact) mass is 407 g/mol. The topological polar surface area (TPSA) is 91.3 Å². The first kappa shape index (κ1) is 23.0. The van der Waals surface area contributed by atoms with E-state index in [0.717, 1.165) is 5.56 Å². The van der Waals surface area contributed by atoms with Crippen molar-refractivity contribution in [3.8, 4) is 0 Å². The molecule has 2 atom stereocenters. The van der Waals surface area contributed by atoms with Gasteiger partial charge in [-0.2, -0.15) is 0 Å². The van der Waals surface area contributed by atoms with Crippen molar-refractivity contribution < 1.29 is 24.2 Å². The van der Waals surface area contributed by atoms with Gasteiger partial charge in [-0.3, -0.25) is 4.90 Å². The number of aliphatic hydroxyl groups excluding tert-OH is 1. The van der Waals surface area contributed by atoms with Crippen LogP contribution in [0.3, 0.4) is 0 Å². The van der Waals surface area contributed by atoms with Gasteiger partial charge in [-0.1, -0.05) is 30.3 Å². The molecule has 2 rings (SSSR count). The lowest BCUT2D eigenvalue weighted by Crippen LogP contribution is -2.57. The number of hydrogen-bond donors (Lipinski definition) is 2. The van der Waals surface area contributed by atoms with E-state index >= 15 is 0 Å². The van der Waals surface area contributed by atoms with Crippen molar-refractivity contribution >= 4 is 12.2 Å². The standard InChI is InChI=1S/C21H33N3O5/c1-16-12-24(20(27)29-21(2,3)4)11-10-23(16)13-18(14-25)22-19(26)28-15-17-8-6-5-7-9-17/h5-9,16,18,25H,10-15H2,1-4H3,(H,22,26)/t16?,18-/m0/s1. The highest BCUT2D eigenvalue weighted by Crippen LogP contribution is 2.15. The Morgan fingerprint density at radius 3 is 2.52 bits per heavy atom. The summed E-state index contributed by atoms with van der Waals surface area (Å²) in [5.74, 6) is 0. The number of amides is 2. The first-order chi connectivity index (χ1) is 13.7. The highest BCUT2D eigenvalue weighted by atomic mass is 16.6. The number of alkyl carbamates (subject to hydrolysis) is 1. The average molecular weight is 408 g/mol. The molecule has 1 aromatic carbocycles. The summed E-state index contributed by atoms with van der Waals surface area (Å²) in [7, 11) is 0. The quantitative estimate of drug-likeness (QED) is 0.751. The lowest BCUT2D eigenvalue weighted by molar-refractivity contribution is 0.00353. The van der Waals surface area contributed by atoms with Crippen LogP contribution >= 0.6 is 0 Å². The number of ether oxygens (including phenoxy) is 2. The van der Waals surface area contributed by atoms with E-state index in [1.165, 1.54) is 0 Å². The predicted octanol–water partition coefficient (Wildman–Crippen LogP) is 2.21. The summed E-state index contributed by atoms with van der Waals surface area (Å²) in [6, 6.07) is 9.04. The Hall–Kier alpha value is -2.32. The van der Waals surface area contributed by atoms with Crippen molar-refractivity contribution in [1.29, 1.82) is 0 Å². The summed E-state index contributed by atoms with van der Waals surface area (Å²) in [5, 5.41) is 12.4. The molecule has 8 nitrogen and oxygen atoms in total. The van der Waals surface area contributed by atoms with Crippen LogP contribution in [0.15, 0.2) is 30.3 Å². The molecule has 0 saturated carbocycles. The lowest BCUT2D eigenvalue weighted by Gasteiger charge is -2.41. The molecule has 0 spiro atoms. The Balaban J connectivity index is 1.78. The summed E-state index contributed by atoms with van der Waals surface area (Å²) in [5.41, 5.74) is 0.374. The first-order valence-corrected chi connectivity index (χ1v) is 9.98. The fourth-order valence-corrected chi connectivity index (χ4v) is 3.12. The van der Waals surface area contributed by atoms with Gasteiger partial charge in [-0.15, -0.1) is 0 Å². The molecule has 1 aliphatic rings. The minimum Gasteiger partial charge on any atom is -0.445 e. The van der Waals surface area contributed by atoms with Gasteiger partial charge in [0, 0.05) is 32.2 Å². The number of carbonyl (C=O) groups is 2. The zero-order valence-electron chi connectivity index (χ0n) is 17.8. The van der Waals surface area contributed by atoms with Crippen molar-refractivity contribution in [1.82, 2.24) is 15.1 Å². The summed E-state index contributed by atoms with van der Waals surface area (Å²) in [4.78, 5) is 28.1. The molecular weight excluding hydrogens is 374 g/mol. The Labute approximate surface area is 172 Å². The van der Waals surface area contributed by atoms with E-state index in [9.17, 15) is 14.7 Å². The van der Waals surface area contributed by atoms with Crippen LogP contribution < -0.4 is 5.32 Å². The van der Waals surface area contributed by atoms with Crippen molar-refractivity contribution in [2.45, 2.75) is 52.0 Å². The van der Waals surface area contributed by atoms with Crippen LogP contribution in [-0.2, 0) is 16.1 Å². The zero-order valence-corrected chi connectivity index (χ0v) is 17.8. The SMILES string of the molecule is CC1CN(C(=O)OC(C)(C)C)CCN1C[C@@H](CO)NC(=O)OCc1ccccc1. The maximum absolute atomic E-state index is 12.3. The molecule has 1 fully saturated rings. The number of rotatable bonds is 6. The molecule has 29 heavy (non-hydrogen) atoms. The molecule has 0 aliphatic carbocycles. The number of hydrogen-bond acceptors (Lipinski definition) is 6. The summed E-state index contributed by atoms with van der Waals surface area (Å²) < 4.78 is 10.7. The third-order valence-electron chi connectivity index (χ3n) is 4.63. The number of nitrogens with one attached hydrogen (secondary N) is 1. The van der Waals surface area contributed by atoms with Gasteiger partial charge in [0.05, 0.1) is 12.6 Å². The van der Waals surface area contributed by atoms with Crippen molar-refractivity contribution in [2.24, 2.45) is 0 Å². The largest absolute Gasteiger partial charge is 0.445 e. The van der Waals surface area contributed by atoms with E-state index in [1.54, 1.807) is 4.90 Å². The molecule has 1 heterocycles. The first-order valence-electron chi connectivity index (χ1n) is 9.98. The second kappa shape index (κ2) is 10.5. The molecular formula is C21H33N3O5. The highest BCUT2D eigenvalue weighted by molar-refractivity contribution is 5.68. The number of benzene rings is 1. The van der Waals surface area contributed by atoms with E-state index in [1.807, 2.05) is 58.0 Å². The van der Waals surface area contributed by atoms with E-state index in [4.69, 9.17) is 9.47 Å². The number of aliphatic hydroxyl groups is 1. The molecule has 1 aliphatic heterocycles. The summed E-state index contributed by atoms with van der Waals surface area (Å²) >= 11 is 0. The molecule has 2 N–H and O–H groups in total. The maximum atomic E-state index is 12.3. The van der Waals surface area contributed by atoms with Gasteiger partial charge in [0.25, 0.3) is 0 Å². The molecule has 1 unspecified atom stereocenters. The lowest BCUT2D eigenvalue weighted by atomic mass is 10.1. The molecule has 0 radical (unpaired) electrons. The van der Waals surface area contributed by atoms with Gasteiger partial charge >= 0.3 is 12.2 Å². The smallest absolute Gasteiger partial charge is 0.410 e. The van der Waals surface area contributed by atoms with E-state index in [0.29, 0.717) is 26.2 Å². The number of piperazine rings is 1. The van der Waals surface area contributed by atoms with Crippen molar-refractivity contribution in [3.63, 3.8) is 0 Å². The maximum Gasteiger partial charge on any atom is 0.410 e. The molecule has 8 heteroatoms. The van der Waals surface area contributed by atoms with Crippen LogP contribution in [0.5, 0.6) is 0 Å². The second-order valence-electron chi connectivity index (χ2n) is 8.36. The normalized spacial score (nSPS) is 18.8. The third-order valence-corrected chi connectivity index (χ3v) is 4.63.